The number of aliphatic imine (C=N–C) groups is 3. The van der Waals surface area contributed by atoms with Gasteiger partial charge in [0, 0.05) is 48.8 Å². The number of anilines is 4. The molecule has 4 atom stereocenters. The van der Waals surface area contributed by atoms with E-state index in [-0.39, 0.29) is 144 Å². The quantitative estimate of drug-likeness (QED) is 0.0157. The number of carboxylic acids is 1. The number of aliphatic carboxylic acids is 1. The smallest absolute Gasteiger partial charge is 0.303 e. The summed E-state index contributed by atoms with van der Waals surface area (Å²) < 4.78 is 21.5. The van der Waals surface area contributed by atoms with Crippen LogP contribution in [0.5, 0.6) is 23.0 Å². The lowest BCUT2D eigenvalue weighted by molar-refractivity contribution is -0.137. The summed E-state index contributed by atoms with van der Waals surface area (Å²) >= 11 is 0. The number of guanidine groups is 3. The van der Waals surface area contributed by atoms with Crippen molar-refractivity contribution < 1.29 is 67.2 Å². The number of ether oxygens (including phenoxy) is 4. The van der Waals surface area contributed by atoms with Gasteiger partial charge in [0.1, 0.15) is 41.1 Å². The van der Waals surface area contributed by atoms with Crippen LogP contribution in [0.1, 0.15) is 92.8 Å². The molecule has 8 amide bonds. The summed E-state index contributed by atoms with van der Waals surface area (Å²) in [5.74, 6) is -7.99. The summed E-state index contributed by atoms with van der Waals surface area (Å²) in [6.07, 6.45) is -0.0100. The van der Waals surface area contributed by atoms with Gasteiger partial charge >= 0.3 is 5.97 Å². The van der Waals surface area contributed by atoms with Crippen LogP contribution in [0.3, 0.4) is 0 Å². The van der Waals surface area contributed by atoms with Gasteiger partial charge in [-0.3, -0.25) is 58.1 Å². The first-order chi connectivity index (χ1) is 41.4. The molecule has 4 rings (SSSR count). The highest BCUT2D eigenvalue weighted by atomic mass is 16.5. The zero-order valence-corrected chi connectivity index (χ0v) is 48.2. The van der Waals surface area contributed by atoms with Crippen molar-refractivity contribution in [1.82, 2.24) is 16.0 Å². The van der Waals surface area contributed by atoms with Crippen LogP contribution in [0.15, 0.2) is 87.8 Å². The molecule has 0 aliphatic heterocycles. The Bertz CT molecular complexity index is 3240. The molecule has 0 radical (unpaired) electrons. The summed E-state index contributed by atoms with van der Waals surface area (Å²) in [6.45, 7) is 0.375. The van der Waals surface area contributed by atoms with Crippen LogP contribution < -0.4 is 102 Å². The maximum Gasteiger partial charge on any atom is 0.303 e. The van der Waals surface area contributed by atoms with E-state index in [1.165, 1.54) is 101 Å². The van der Waals surface area contributed by atoms with Gasteiger partial charge in [-0.2, -0.15) is 0 Å². The van der Waals surface area contributed by atoms with Gasteiger partial charge in [0.15, 0.2) is 17.9 Å². The van der Waals surface area contributed by atoms with Crippen LogP contribution in [0.4, 0.5) is 22.7 Å². The molecular formula is C55H74N18O14. The van der Waals surface area contributed by atoms with Gasteiger partial charge < -0.3 is 107 Å². The van der Waals surface area contributed by atoms with E-state index in [4.69, 9.17) is 64.8 Å². The first-order valence-electron chi connectivity index (χ1n) is 26.7. The Morgan fingerprint density at radius 1 is 0.425 bits per heavy atom. The molecule has 468 valence electrons. The molecule has 0 fully saturated rings. The Labute approximate surface area is 499 Å². The lowest BCUT2D eigenvalue weighted by Gasteiger charge is -2.21. The number of primary amides is 1. The van der Waals surface area contributed by atoms with E-state index in [0.29, 0.717) is 6.42 Å². The van der Waals surface area contributed by atoms with E-state index in [2.05, 4.69) is 52.2 Å². The van der Waals surface area contributed by atoms with Gasteiger partial charge in [-0.1, -0.05) is 0 Å². The van der Waals surface area contributed by atoms with E-state index >= 15 is 0 Å². The minimum absolute atomic E-state index is 0.00605. The maximum absolute atomic E-state index is 14.3. The Morgan fingerprint density at radius 3 is 1.01 bits per heavy atom. The second-order valence-electron chi connectivity index (χ2n) is 18.9. The molecule has 0 saturated heterocycles. The average Bonchev–Trinajstić information content (AvgIpc) is 3.25. The summed E-state index contributed by atoms with van der Waals surface area (Å²) in [6, 6.07) is 11.3. The molecule has 0 aliphatic rings. The van der Waals surface area contributed by atoms with Gasteiger partial charge in [0.2, 0.25) is 23.6 Å². The maximum atomic E-state index is 14.3. The van der Waals surface area contributed by atoms with Gasteiger partial charge in [0.25, 0.3) is 23.6 Å². The number of nitrogens with zero attached hydrogens (tertiary/aromatic N) is 3. The fourth-order valence-electron chi connectivity index (χ4n) is 8.23. The predicted octanol–water partition coefficient (Wildman–Crippen LogP) is -0.677. The lowest BCUT2D eigenvalue weighted by atomic mass is 10.1. The Kier molecular flexibility index (Phi) is 26.8. The van der Waals surface area contributed by atoms with Crippen LogP contribution in [-0.2, 0) is 24.0 Å². The Morgan fingerprint density at radius 2 is 0.713 bits per heavy atom. The van der Waals surface area contributed by atoms with Crippen LogP contribution in [0.2, 0.25) is 0 Å². The topological polar surface area (TPSA) is 540 Å². The fraction of sp³-hybridized carbons (Fsp3) is 0.345. The number of amides is 8. The second-order valence-corrected chi connectivity index (χ2v) is 18.9. The van der Waals surface area contributed by atoms with E-state index in [9.17, 15) is 48.3 Å². The summed E-state index contributed by atoms with van der Waals surface area (Å²) in [5.41, 5.74) is 44.2. The number of nitrogens with one attached hydrogen (secondary N) is 7. The van der Waals surface area contributed by atoms with Crippen molar-refractivity contribution in [2.24, 2.45) is 60.8 Å². The minimum Gasteiger partial charge on any atom is -0.496 e. The lowest BCUT2D eigenvalue weighted by Crippen LogP contribution is -2.45. The molecular weight excluding hydrogens is 1140 g/mol. The van der Waals surface area contributed by atoms with E-state index < -0.39 is 83.8 Å². The molecule has 0 spiro atoms. The molecule has 0 unspecified atom stereocenters. The molecule has 87 heavy (non-hydrogen) atoms. The van der Waals surface area contributed by atoms with Crippen LogP contribution >= 0.6 is 0 Å². The molecule has 0 aromatic heterocycles. The predicted molar refractivity (Wildman–Crippen MR) is 323 cm³/mol. The number of carbonyl (C=O) groups is 9. The Balaban J connectivity index is 1.60. The highest BCUT2D eigenvalue weighted by molar-refractivity contribution is 6.08. The van der Waals surface area contributed by atoms with Gasteiger partial charge in [-0.25, -0.2) is 0 Å². The highest BCUT2D eigenvalue weighted by Gasteiger charge is 2.29. The van der Waals surface area contributed by atoms with E-state index in [0.717, 1.165) is 0 Å². The fourth-order valence-corrected chi connectivity index (χ4v) is 8.23. The summed E-state index contributed by atoms with van der Waals surface area (Å²) in [7, 11) is 5.18. The van der Waals surface area contributed by atoms with Crippen molar-refractivity contribution in [1.29, 1.82) is 0 Å². The van der Waals surface area contributed by atoms with Crippen molar-refractivity contribution in [2.75, 3.05) is 69.3 Å². The van der Waals surface area contributed by atoms with Crippen molar-refractivity contribution in [2.45, 2.75) is 75.5 Å². The molecule has 32 nitrogen and oxygen atoms in total. The SMILES string of the molecule is COc1ccc(NC(=O)[C@@H](CCC(=O)O)NC(=O)c2cc(NC(=O)[C@@H](CCCN=C(N)N)NC(=O)c3cc(NC(=O)[C@@H](CCCN=C(N)N)NC(=O)c4cc(NC(=O)[C@H](N)CCCN=C(N)N)ccc4OC)ccc3OC)ccc2OC)cc1C(N)=O. The largest absolute Gasteiger partial charge is 0.496 e. The monoisotopic (exact) mass is 1210 g/mol. The molecule has 0 bridgehead atoms. The minimum atomic E-state index is -1.47. The van der Waals surface area contributed by atoms with Crippen molar-refractivity contribution in [3.05, 3.63) is 95.1 Å². The highest BCUT2D eigenvalue weighted by Crippen LogP contribution is 2.28. The second kappa shape index (κ2) is 34.0. The van der Waals surface area contributed by atoms with Crippen LogP contribution in [0.25, 0.3) is 0 Å². The molecule has 0 heterocycles. The van der Waals surface area contributed by atoms with E-state index in [1.807, 2.05) is 0 Å². The number of hydrogen-bond acceptors (Lipinski definition) is 17. The summed E-state index contributed by atoms with van der Waals surface area (Å²) in [5, 5.41) is 28.0. The molecule has 24 N–H and O–H groups in total. The first kappa shape index (κ1) is 68.6. The molecule has 32 heteroatoms. The van der Waals surface area contributed by atoms with Crippen LogP contribution in [-0.4, -0.2) is 148 Å². The van der Waals surface area contributed by atoms with Crippen molar-refractivity contribution in [3.63, 3.8) is 0 Å². The molecule has 4 aromatic carbocycles. The van der Waals surface area contributed by atoms with Gasteiger partial charge in [0.05, 0.1) is 56.7 Å². The normalized spacial score (nSPS) is 11.9. The summed E-state index contributed by atoms with van der Waals surface area (Å²) in [4.78, 5) is 133. The number of carboxylic acid groups (broad SMARTS) is 1. The number of methoxy groups -OCH3 is 4. The number of rotatable bonds is 34. The van der Waals surface area contributed by atoms with Gasteiger partial charge in [-0.15, -0.1) is 0 Å². The number of nitrogens with two attached hydrogens (primary N) is 8. The standard InChI is InChI=1S/C55H74N18O14/c1-84-40-16-11-28(24-32(40)45(57)76)68-52(83)39(15-20-44(74)75)73-48(79)35-27-31(14-19-43(35)87-4)70-51(82)38(10-7-23-66-55(62)63)72-47(78)34-26-30(13-18-42(34)86-3)69-50(81)37(9-6-22-65-54(60)61)71-46(77)33-25-29(12-17-41(33)85-2)67-49(80)36(56)8-5-21-64-53(58)59/h11-14,16-19,24-27,36-39H,5-10,15,20-23,56H2,1-4H3,(H2,57,76)(H,67,80)(H,68,83)(H,69,81)(H,70,82)(H,71,77)(H,72,78)(H,73,79)(H,74,75)(H4,58,59,64)(H4,60,61,65)(H4,62,63,66)/t36-,37-,38-,39-/m1/s1. The Hall–Kier alpha value is -10.9. The third kappa shape index (κ3) is 22.0. The zero-order chi connectivity index (χ0) is 64.3. The average molecular weight is 1210 g/mol. The first-order valence-corrected chi connectivity index (χ1v) is 26.7. The molecule has 0 aliphatic carbocycles. The third-order valence-electron chi connectivity index (χ3n) is 12.6. The van der Waals surface area contributed by atoms with Gasteiger partial charge in [-0.05, 0) is 118 Å². The molecule has 0 saturated carbocycles. The van der Waals surface area contributed by atoms with E-state index in [1.54, 1.807) is 0 Å². The third-order valence-corrected chi connectivity index (χ3v) is 12.6. The van der Waals surface area contributed by atoms with Crippen molar-refractivity contribution >= 4 is 93.9 Å². The number of benzene rings is 4. The molecule has 4 aromatic rings. The van der Waals surface area contributed by atoms with Crippen molar-refractivity contribution in [3.8, 4) is 23.0 Å². The zero-order valence-electron chi connectivity index (χ0n) is 48.2. The van der Waals surface area contributed by atoms with Crippen LogP contribution in [0, 0.1) is 0 Å². The number of hydrogen-bond donors (Lipinski definition) is 16. The number of carbonyl (C=O) groups excluding carboxylic acids is 8.